The standard InChI is InChI=1S/C13H15Cl2NO4/c14-9-4-8(11(17)10(15)5-9)6-16-13(12(18)19)2-1-3-20-7-13/h4-5,16-17H,1-3,6-7H2,(H,18,19). The molecule has 0 spiro atoms. The summed E-state index contributed by atoms with van der Waals surface area (Å²) in [6, 6.07) is 2.98. The van der Waals surface area contributed by atoms with Crippen LogP contribution in [-0.2, 0) is 16.1 Å². The third-order valence-electron chi connectivity index (χ3n) is 3.37. The number of aliphatic carboxylic acids is 1. The van der Waals surface area contributed by atoms with E-state index in [2.05, 4.69) is 5.32 Å². The van der Waals surface area contributed by atoms with Gasteiger partial charge in [0.25, 0.3) is 0 Å². The van der Waals surface area contributed by atoms with Gasteiger partial charge in [0.1, 0.15) is 11.3 Å². The summed E-state index contributed by atoms with van der Waals surface area (Å²) in [6.45, 7) is 0.796. The zero-order chi connectivity index (χ0) is 14.8. The Morgan fingerprint density at radius 1 is 1.45 bits per heavy atom. The maximum absolute atomic E-state index is 11.5. The molecule has 1 heterocycles. The molecule has 1 aromatic rings. The number of nitrogens with one attached hydrogen (secondary N) is 1. The van der Waals surface area contributed by atoms with E-state index in [0.717, 1.165) is 0 Å². The van der Waals surface area contributed by atoms with Gasteiger partial charge in [-0.2, -0.15) is 0 Å². The average Bonchev–Trinajstić information content (AvgIpc) is 2.42. The van der Waals surface area contributed by atoms with Gasteiger partial charge >= 0.3 is 5.97 Å². The molecule has 1 aliphatic heterocycles. The predicted octanol–water partition coefficient (Wildman–Crippen LogP) is 2.42. The van der Waals surface area contributed by atoms with Gasteiger partial charge in [0, 0.05) is 23.7 Å². The monoisotopic (exact) mass is 319 g/mol. The average molecular weight is 320 g/mol. The van der Waals surface area contributed by atoms with Crippen LogP contribution in [0.1, 0.15) is 18.4 Å². The van der Waals surface area contributed by atoms with Crippen molar-refractivity contribution in [2.75, 3.05) is 13.2 Å². The van der Waals surface area contributed by atoms with E-state index in [0.29, 0.717) is 30.0 Å². The van der Waals surface area contributed by atoms with Gasteiger partial charge < -0.3 is 14.9 Å². The maximum Gasteiger partial charge on any atom is 0.326 e. The van der Waals surface area contributed by atoms with Crippen molar-refractivity contribution in [2.45, 2.75) is 24.9 Å². The van der Waals surface area contributed by atoms with Crippen molar-refractivity contribution < 1.29 is 19.7 Å². The molecule has 1 aromatic carbocycles. The minimum Gasteiger partial charge on any atom is -0.506 e. The van der Waals surface area contributed by atoms with Crippen molar-refractivity contribution in [3.05, 3.63) is 27.7 Å². The van der Waals surface area contributed by atoms with E-state index >= 15 is 0 Å². The highest BCUT2D eigenvalue weighted by atomic mass is 35.5. The normalized spacial score (nSPS) is 22.7. The predicted molar refractivity (Wildman–Crippen MR) is 75.4 cm³/mol. The Kier molecular flexibility index (Phi) is 4.75. The van der Waals surface area contributed by atoms with Crippen LogP contribution in [-0.4, -0.2) is 34.9 Å². The Bertz CT molecular complexity index is 515. The number of phenols is 1. The lowest BCUT2D eigenvalue weighted by Crippen LogP contribution is -2.57. The van der Waals surface area contributed by atoms with Crippen LogP contribution >= 0.6 is 23.2 Å². The third kappa shape index (κ3) is 3.17. The molecule has 0 bridgehead atoms. The van der Waals surface area contributed by atoms with Crippen LogP contribution in [0.3, 0.4) is 0 Å². The van der Waals surface area contributed by atoms with E-state index in [1.807, 2.05) is 0 Å². The van der Waals surface area contributed by atoms with Crippen LogP contribution in [0.4, 0.5) is 0 Å². The zero-order valence-electron chi connectivity index (χ0n) is 10.7. The fraction of sp³-hybridized carbons (Fsp3) is 0.462. The molecule has 7 heteroatoms. The van der Waals surface area contributed by atoms with Gasteiger partial charge in [0.05, 0.1) is 11.6 Å². The lowest BCUT2D eigenvalue weighted by molar-refractivity contribution is -0.151. The van der Waals surface area contributed by atoms with Gasteiger partial charge in [0.2, 0.25) is 0 Å². The van der Waals surface area contributed by atoms with Crippen molar-refractivity contribution in [3.63, 3.8) is 0 Å². The Balaban J connectivity index is 2.16. The summed E-state index contributed by atoms with van der Waals surface area (Å²) in [4.78, 5) is 11.5. The summed E-state index contributed by atoms with van der Waals surface area (Å²) in [5.74, 6) is -1.06. The quantitative estimate of drug-likeness (QED) is 0.794. The second-order valence-corrected chi connectivity index (χ2v) is 5.64. The first-order valence-corrected chi connectivity index (χ1v) is 6.93. The number of ether oxygens (including phenoxy) is 1. The minimum absolute atomic E-state index is 0.0946. The van der Waals surface area contributed by atoms with Gasteiger partial charge in [-0.25, -0.2) is 0 Å². The number of hydrogen-bond donors (Lipinski definition) is 3. The number of halogens is 2. The minimum atomic E-state index is -1.14. The first kappa shape index (κ1) is 15.4. The van der Waals surface area contributed by atoms with Gasteiger partial charge in [-0.1, -0.05) is 23.2 Å². The molecular formula is C13H15Cl2NO4. The van der Waals surface area contributed by atoms with Crippen LogP contribution in [0.15, 0.2) is 12.1 Å². The fourth-order valence-corrected chi connectivity index (χ4v) is 2.73. The van der Waals surface area contributed by atoms with E-state index in [9.17, 15) is 15.0 Å². The lowest BCUT2D eigenvalue weighted by Gasteiger charge is -2.34. The molecule has 2 rings (SSSR count). The highest BCUT2D eigenvalue weighted by molar-refractivity contribution is 6.35. The van der Waals surface area contributed by atoms with Gasteiger partial charge in [-0.15, -0.1) is 0 Å². The first-order valence-electron chi connectivity index (χ1n) is 6.18. The first-order chi connectivity index (χ1) is 9.44. The van der Waals surface area contributed by atoms with Crippen LogP contribution < -0.4 is 5.32 Å². The number of carbonyl (C=O) groups is 1. The highest BCUT2D eigenvalue weighted by Crippen LogP contribution is 2.31. The molecule has 0 aliphatic carbocycles. The number of hydrogen-bond acceptors (Lipinski definition) is 4. The van der Waals surface area contributed by atoms with Crippen LogP contribution in [0.25, 0.3) is 0 Å². The second kappa shape index (κ2) is 6.18. The largest absolute Gasteiger partial charge is 0.506 e. The molecule has 3 N–H and O–H groups in total. The molecule has 20 heavy (non-hydrogen) atoms. The van der Waals surface area contributed by atoms with Crippen LogP contribution in [0.2, 0.25) is 10.0 Å². The number of aromatic hydroxyl groups is 1. The Hall–Kier alpha value is -1.01. The fourth-order valence-electron chi connectivity index (χ4n) is 2.20. The van der Waals surface area contributed by atoms with Crippen molar-refractivity contribution in [1.82, 2.24) is 5.32 Å². The zero-order valence-corrected chi connectivity index (χ0v) is 12.2. The SMILES string of the molecule is O=C(O)C1(NCc2cc(Cl)cc(Cl)c2O)CCCOC1. The molecule has 0 radical (unpaired) electrons. The second-order valence-electron chi connectivity index (χ2n) is 4.79. The number of carboxylic acids is 1. The van der Waals surface area contributed by atoms with E-state index in [-0.39, 0.29) is 23.9 Å². The molecule has 0 saturated carbocycles. The summed E-state index contributed by atoms with van der Waals surface area (Å²) in [5, 5.41) is 22.7. The smallest absolute Gasteiger partial charge is 0.326 e. The highest BCUT2D eigenvalue weighted by Gasteiger charge is 2.40. The molecule has 1 atom stereocenters. The number of carboxylic acid groups (broad SMARTS) is 1. The van der Waals surface area contributed by atoms with E-state index < -0.39 is 11.5 Å². The Labute approximate surface area is 126 Å². The van der Waals surface area contributed by atoms with E-state index in [1.54, 1.807) is 6.07 Å². The maximum atomic E-state index is 11.5. The number of rotatable bonds is 4. The Morgan fingerprint density at radius 2 is 2.20 bits per heavy atom. The number of benzene rings is 1. The van der Waals surface area contributed by atoms with Crippen molar-refractivity contribution >= 4 is 29.2 Å². The van der Waals surface area contributed by atoms with Crippen molar-refractivity contribution in [3.8, 4) is 5.75 Å². The summed E-state index contributed by atoms with van der Waals surface area (Å²) in [7, 11) is 0. The molecule has 0 amide bonds. The Morgan fingerprint density at radius 3 is 2.80 bits per heavy atom. The summed E-state index contributed by atoms with van der Waals surface area (Å²) in [5.41, 5.74) is -0.687. The molecule has 1 unspecified atom stereocenters. The van der Waals surface area contributed by atoms with Gasteiger partial charge in [-0.3, -0.25) is 10.1 Å². The summed E-state index contributed by atoms with van der Waals surface area (Å²) in [6.07, 6.45) is 1.14. The molecule has 110 valence electrons. The van der Waals surface area contributed by atoms with E-state index in [1.165, 1.54) is 6.07 Å². The molecule has 1 saturated heterocycles. The van der Waals surface area contributed by atoms with E-state index in [4.69, 9.17) is 27.9 Å². The van der Waals surface area contributed by atoms with Crippen LogP contribution in [0, 0.1) is 0 Å². The molecule has 1 fully saturated rings. The van der Waals surface area contributed by atoms with Gasteiger partial charge in [0.15, 0.2) is 0 Å². The van der Waals surface area contributed by atoms with Crippen LogP contribution in [0.5, 0.6) is 5.75 Å². The van der Waals surface area contributed by atoms with Crippen molar-refractivity contribution in [2.24, 2.45) is 0 Å². The molecule has 5 nitrogen and oxygen atoms in total. The molecule has 0 aromatic heterocycles. The van der Waals surface area contributed by atoms with Crippen molar-refractivity contribution in [1.29, 1.82) is 0 Å². The van der Waals surface area contributed by atoms with Gasteiger partial charge in [-0.05, 0) is 25.0 Å². The third-order valence-corrected chi connectivity index (χ3v) is 3.88. The molecular weight excluding hydrogens is 305 g/mol. The lowest BCUT2D eigenvalue weighted by atomic mass is 9.92. The number of phenolic OH excluding ortho intramolecular Hbond substituents is 1. The summed E-state index contributed by atoms with van der Waals surface area (Å²) < 4.78 is 5.25. The molecule has 1 aliphatic rings. The topological polar surface area (TPSA) is 78.8 Å². The summed E-state index contributed by atoms with van der Waals surface area (Å²) >= 11 is 11.7.